The highest BCUT2D eigenvalue weighted by Crippen LogP contribution is 2.53. The lowest BCUT2D eigenvalue weighted by molar-refractivity contribution is 0.365. The van der Waals surface area contributed by atoms with Crippen LogP contribution < -0.4 is 10.9 Å². The molecule has 0 aromatic heterocycles. The third-order valence-electron chi connectivity index (χ3n) is 8.87. The molecule has 1 fully saturated rings. The minimum Gasteiger partial charge on any atom is -0.435 e. The molecule has 1 heterocycles. The molecule has 6 heteroatoms. The van der Waals surface area contributed by atoms with E-state index in [1.807, 2.05) is 0 Å². The van der Waals surface area contributed by atoms with Gasteiger partial charge in [-0.15, -0.1) is 0 Å². The molecular weight excluding hydrogens is 477 g/mol. The SMILES string of the molecule is BCCOBc1ccc2c(c1)C(CCCCCCCC)(CCCCCCCC)c1cc(B3OCCO3)ccc1-2. The van der Waals surface area contributed by atoms with Crippen molar-refractivity contribution in [3.05, 3.63) is 47.5 Å². The summed E-state index contributed by atoms with van der Waals surface area (Å²) in [7, 11) is 2.66. The van der Waals surface area contributed by atoms with Gasteiger partial charge in [0, 0.05) is 12.0 Å². The van der Waals surface area contributed by atoms with E-state index in [0.717, 1.165) is 12.9 Å². The van der Waals surface area contributed by atoms with Crippen molar-refractivity contribution in [1.82, 2.24) is 0 Å². The third-order valence-corrected chi connectivity index (χ3v) is 8.87. The second kappa shape index (κ2) is 16.1. The molecular formula is C33H51B3O3. The van der Waals surface area contributed by atoms with Crippen LogP contribution in [0.2, 0.25) is 6.32 Å². The Morgan fingerprint density at radius 3 is 1.95 bits per heavy atom. The number of hydrogen-bond donors (Lipinski definition) is 0. The Kier molecular flexibility index (Phi) is 12.6. The molecule has 1 saturated heterocycles. The maximum absolute atomic E-state index is 6.00. The van der Waals surface area contributed by atoms with Crippen molar-refractivity contribution >= 4 is 33.4 Å². The summed E-state index contributed by atoms with van der Waals surface area (Å²) in [4.78, 5) is 0. The first-order chi connectivity index (χ1) is 19.2. The van der Waals surface area contributed by atoms with Crippen molar-refractivity contribution in [2.24, 2.45) is 0 Å². The first-order valence-corrected chi connectivity index (χ1v) is 16.3. The summed E-state index contributed by atoms with van der Waals surface area (Å²) in [6, 6.07) is 14.2. The van der Waals surface area contributed by atoms with Crippen LogP contribution in [0.1, 0.15) is 115 Å². The molecule has 2 aliphatic rings. The van der Waals surface area contributed by atoms with Crippen molar-refractivity contribution < 1.29 is 14.0 Å². The molecule has 1 aliphatic heterocycles. The highest BCUT2D eigenvalue weighted by molar-refractivity contribution is 6.61. The summed E-state index contributed by atoms with van der Waals surface area (Å²) in [6.45, 7) is 6.80. The van der Waals surface area contributed by atoms with E-state index in [-0.39, 0.29) is 12.5 Å². The lowest BCUT2D eigenvalue weighted by Gasteiger charge is -2.33. The Balaban J connectivity index is 1.66. The van der Waals surface area contributed by atoms with Crippen molar-refractivity contribution in [2.75, 3.05) is 19.8 Å². The van der Waals surface area contributed by atoms with Crippen LogP contribution in [0.25, 0.3) is 11.1 Å². The molecule has 3 nitrogen and oxygen atoms in total. The summed E-state index contributed by atoms with van der Waals surface area (Å²) < 4.78 is 17.9. The van der Waals surface area contributed by atoms with Crippen LogP contribution >= 0.6 is 0 Å². The number of rotatable bonds is 19. The van der Waals surface area contributed by atoms with Gasteiger partial charge in [-0.25, -0.2) is 0 Å². The Morgan fingerprint density at radius 1 is 0.769 bits per heavy atom. The van der Waals surface area contributed by atoms with E-state index in [9.17, 15) is 0 Å². The van der Waals surface area contributed by atoms with Gasteiger partial charge in [0.25, 0.3) is 0 Å². The minimum absolute atomic E-state index is 0.0650. The van der Waals surface area contributed by atoms with Crippen LogP contribution in [-0.4, -0.2) is 42.3 Å². The van der Waals surface area contributed by atoms with Gasteiger partial charge in [0.1, 0.15) is 7.85 Å². The molecule has 0 radical (unpaired) electrons. The monoisotopic (exact) mass is 528 g/mol. The fourth-order valence-corrected chi connectivity index (χ4v) is 6.76. The standard InChI is InChI=1S/C33H51B3O3/c1-3-5-7-9-11-13-19-33(20-14-12-10-8-6-4-2)31-25-27(35-37-22-21-34)15-17-29(31)30-18-16-28(26-32(30)33)36-38-23-24-39-36/h15-18,25-26,35H,3-14,19-24,34H2,1-2H3. The summed E-state index contributed by atoms with van der Waals surface area (Å²) in [5, 5.41) is 0. The van der Waals surface area contributed by atoms with Gasteiger partial charge in [0.2, 0.25) is 0 Å². The maximum atomic E-state index is 6.00. The van der Waals surface area contributed by atoms with Crippen LogP contribution in [0, 0.1) is 0 Å². The Hall–Kier alpha value is -1.49. The highest BCUT2D eigenvalue weighted by atomic mass is 16.6. The van der Waals surface area contributed by atoms with Crippen LogP contribution in [0.15, 0.2) is 36.4 Å². The molecule has 0 bridgehead atoms. The molecule has 0 amide bonds. The average Bonchev–Trinajstić information content (AvgIpc) is 3.59. The molecule has 0 saturated carbocycles. The molecule has 4 rings (SSSR count). The van der Waals surface area contributed by atoms with Gasteiger partial charge in [-0.05, 0) is 40.6 Å². The Morgan fingerprint density at radius 2 is 1.33 bits per heavy atom. The molecule has 39 heavy (non-hydrogen) atoms. The first-order valence-electron chi connectivity index (χ1n) is 16.3. The molecule has 0 spiro atoms. The average molecular weight is 528 g/mol. The number of hydrogen-bond acceptors (Lipinski definition) is 3. The van der Waals surface area contributed by atoms with Gasteiger partial charge in [0.05, 0.1) is 13.2 Å². The van der Waals surface area contributed by atoms with Crippen molar-refractivity contribution in [3.8, 4) is 11.1 Å². The largest absolute Gasteiger partial charge is 0.494 e. The van der Waals surface area contributed by atoms with Crippen LogP contribution in [0.5, 0.6) is 0 Å². The topological polar surface area (TPSA) is 27.7 Å². The van der Waals surface area contributed by atoms with Gasteiger partial charge in [-0.1, -0.05) is 139 Å². The third kappa shape index (κ3) is 7.83. The van der Waals surface area contributed by atoms with Gasteiger partial charge in [-0.3, -0.25) is 0 Å². The number of benzene rings is 2. The van der Waals surface area contributed by atoms with E-state index in [0.29, 0.717) is 20.7 Å². The van der Waals surface area contributed by atoms with Crippen molar-refractivity contribution in [3.63, 3.8) is 0 Å². The Bertz CT molecular complexity index is 990. The summed E-state index contributed by atoms with van der Waals surface area (Å²) in [6.07, 6.45) is 19.5. The number of unbranched alkanes of at least 4 members (excludes halogenated alkanes) is 10. The maximum Gasteiger partial charge on any atom is 0.494 e. The van der Waals surface area contributed by atoms with Crippen molar-refractivity contribution in [2.45, 2.75) is 115 Å². The van der Waals surface area contributed by atoms with Gasteiger partial charge in [0.15, 0.2) is 0 Å². The second-order valence-corrected chi connectivity index (χ2v) is 11.9. The fourth-order valence-electron chi connectivity index (χ4n) is 6.76. The number of fused-ring (bicyclic) bond motifs is 3. The summed E-state index contributed by atoms with van der Waals surface area (Å²) in [5.74, 6) is 0. The Labute approximate surface area is 241 Å². The summed E-state index contributed by atoms with van der Waals surface area (Å²) >= 11 is 0. The molecule has 2 aromatic rings. The van der Waals surface area contributed by atoms with E-state index in [2.05, 4.69) is 58.1 Å². The van der Waals surface area contributed by atoms with E-state index in [1.54, 1.807) is 5.56 Å². The molecule has 0 atom stereocenters. The fraction of sp³-hybridized carbons (Fsp3) is 0.636. The smallest absolute Gasteiger partial charge is 0.435 e. The first kappa shape index (κ1) is 30.5. The quantitative estimate of drug-likeness (QED) is 0.160. The van der Waals surface area contributed by atoms with Gasteiger partial charge >= 0.3 is 14.6 Å². The van der Waals surface area contributed by atoms with Gasteiger partial charge in [-0.2, -0.15) is 0 Å². The van der Waals surface area contributed by atoms with Crippen LogP contribution in [0.3, 0.4) is 0 Å². The normalized spacial score (nSPS) is 15.5. The van der Waals surface area contributed by atoms with E-state index >= 15 is 0 Å². The molecule has 2 aromatic carbocycles. The molecule has 0 N–H and O–H groups in total. The van der Waals surface area contributed by atoms with Gasteiger partial charge < -0.3 is 14.0 Å². The van der Waals surface area contributed by atoms with Crippen LogP contribution in [-0.2, 0) is 19.4 Å². The lowest BCUT2D eigenvalue weighted by Crippen LogP contribution is -2.34. The zero-order valence-electron chi connectivity index (χ0n) is 25.2. The molecule has 1 aliphatic carbocycles. The van der Waals surface area contributed by atoms with E-state index in [1.165, 1.54) is 118 Å². The molecule has 0 unspecified atom stereocenters. The minimum atomic E-state index is -0.224. The molecule has 210 valence electrons. The van der Waals surface area contributed by atoms with Crippen LogP contribution in [0.4, 0.5) is 0 Å². The second-order valence-electron chi connectivity index (χ2n) is 11.9. The van der Waals surface area contributed by atoms with E-state index in [4.69, 9.17) is 14.0 Å². The highest BCUT2D eigenvalue weighted by Gasteiger charge is 2.43. The lowest BCUT2D eigenvalue weighted by atomic mass is 9.68. The van der Waals surface area contributed by atoms with Crippen molar-refractivity contribution in [1.29, 1.82) is 0 Å². The predicted octanol–water partition coefficient (Wildman–Crippen LogP) is 6.24. The zero-order chi connectivity index (χ0) is 27.3. The predicted molar refractivity (Wildman–Crippen MR) is 172 cm³/mol. The summed E-state index contributed by atoms with van der Waals surface area (Å²) in [5.41, 5.74) is 8.47. The van der Waals surface area contributed by atoms with E-state index < -0.39 is 0 Å². The zero-order valence-corrected chi connectivity index (χ0v) is 25.2.